The van der Waals surface area contributed by atoms with Gasteiger partial charge in [0.05, 0.1) is 22.8 Å². The second-order valence-electron chi connectivity index (χ2n) is 9.40. The van der Waals surface area contributed by atoms with E-state index < -0.39 is 0 Å². The molecule has 4 heterocycles. The van der Waals surface area contributed by atoms with Gasteiger partial charge in [-0.3, -0.25) is 0 Å². The van der Waals surface area contributed by atoms with Gasteiger partial charge in [-0.1, -0.05) is 84.9 Å². The highest BCUT2D eigenvalue weighted by atomic mass is 32.1. The molecule has 0 fully saturated rings. The lowest BCUT2D eigenvalue weighted by Crippen LogP contribution is -1.96. The molecule has 4 heteroatoms. The summed E-state index contributed by atoms with van der Waals surface area (Å²) in [6, 6.07) is 38.7. The first kappa shape index (κ1) is 20.5. The quantitative estimate of drug-likeness (QED) is 0.254. The van der Waals surface area contributed by atoms with Gasteiger partial charge in [0, 0.05) is 43.0 Å². The lowest BCUT2D eigenvalue weighted by atomic mass is 9.97. The van der Waals surface area contributed by atoms with Crippen LogP contribution in [0.5, 0.6) is 0 Å². The Bertz CT molecular complexity index is 2040. The number of hydrogen-bond acceptors (Lipinski definition) is 2. The summed E-state index contributed by atoms with van der Waals surface area (Å²) < 4.78 is 1.28. The van der Waals surface area contributed by atoms with Gasteiger partial charge < -0.3 is 9.97 Å². The van der Waals surface area contributed by atoms with Crippen molar-refractivity contribution in [2.45, 2.75) is 0 Å². The molecule has 8 aromatic rings. The van der Waals surface area contributed by atoms with Crippen LogP contribution >= 0.6 is 11.3 Å². The Morgan fingerprint density at radius 3 is 2.14 bits per heavy atom. The molecule has 2 N–H and O–H groups in total. The fourth-order valence-electron chi connectivity index (χ4n) is 5.48. The molecular weight excluding hydrogens is 470 g/mol. The Morgan fingerprint density at radius 1 is 0.595 bits per heavy atom. The number of thiophene rings is 1. The number of fused-ring (bicyclic) bond motifs is 4. The average Bonchev–Trinajstić information content (AvgIpc) is 3.68. The molecule has 0 bridgehead atoms. The lowest BCUT2D eigenvalue weighted by molar-refractivity contribution is 1.29. The van der Waals surface area contributed by atoms with E-state index in [1.807, 2.05) is 11.3 Å². The maximum absolute atomic E-state index is 5.45. The van der Waals surface area contributed by atoms with Crippen molar-refractivity contribution in [2.75, 3.05) is 0 Å². The molecule has 0 saturated carbocycles. The van der Waals surface area contributed by atoms with Gasteiger partial charge in [0.2, 0.25) is 0 Å². The summed E-state index contributed by atoms with van der Waals surface area (Å²) in [4.78, 5) is 13.9. The van der Waals surface area contributed by atoms with Gasteiger partial charge in [-0.2, -0.15) is 0 Å². The zero-order valence-corrected chi connectivity index (χ0v) is 20.6. The summed E-state index contributed by atoms with van der Waals surface area (Å²) >= 11 is 1.83. The van der Waals surface area contributed by atoms with E-state index in [1.54, 1.807) is 0 Å². The molecule has 0 amide bonds. The van der Waals surface area contributed by atoms with Crippen LogP contribution in [0.25, 0.3) is 75.8 Å². The minimum atomic E-state index is 0.968. The van der Waals surface area contributed by atoms with Gasteiger partial charge in [-0.25, -0.2) is 4.98 Å². The second kappa shape index (κ2) is 7.92. The number of rotatable bonds is 3. The maximum Gasteiger partial charge on any atom is 0.0965 e. The molecule has 0 aliphatic rings. The van der Waals surface area contributed by atoms with Crippen LogP contribution in [0.1, 0.15) is 0 Å². The Morgan fingerprint density at radius 2 is 1.30 bits per heavy atom. The van der Waals surface area contributed by atoms with Crippen molar-refractivity contribution >= 4 is 53.9 Å². The molecule has 0 atom stereocenters. The standard InChI is InChI=1S/C33H21N3S/c1-4-12-23-22(11-1)19-34-31(23)32-25-14-6-5-13-24(25)30(29-18-21-10-3-8-16-28(21)37-29)33(36-32)27-17-20-9-2-7-15-26(20)35-27/h1-19,34-35H. The SMILES string of the molecule is c1ccc2[nH]c(-c3nc(-c4[nH]cc5ccccc45)c4ccccc4c3-c3cc4ccccc4s3)cc2c1. The smallest absolute Gasteiger partial charge is 0.0965 e. The zero-order chi connectivity index (χ0) is 24.3. The van der Waals surface area contributed by atoms with Crippen LogP contribution in [-0.2, 0) is 0 Å². The number of H-pyrrole nitrogens is 2. The molecule has 0 aliphatic carbocycles. The largest absolute Gasteiger partial charge is 0.359 e. The Balaban J connectivity index is 1.51. The summed E-state index contributed by atoms with van der Waals surface area (Å²) in [7, 11) is 0. The summed E-state index contributed by atoms with van der Waals surface area (Å²) in [6.45, 7) is 0. The number of nitrogens with zero attached hydrogens (tertiary/aromatic N) is 1. The normalized spacial score (nSPS) is 11.8. The minimum absolute atomic E-state index is 0.968. The number of pyridine rings is 1. The second-order valence-corrected chi connectivity index (χ2v) is 10.5. The zero-order valence-electron chi connectivity index (χ0n) is 19.8. The molecule has 0 saturated heterocycles. The fourth-order valence-corrected chi connectivity index (χ4v) is 6.60. The first-order valence-electron chi connectivity index (χ1n) is 12.4. The summed E-state index contributed by atoms with van der Waals surface area (Å²) in [6.07, 6.45) is 2.07. The predicted octanol–water partition coefficient (Wildman–Crippen LogP) is 9.41. The number of aromatic nitrogens is 3. The first-order chi connectivity index (χ1) is 18.3. The van der Waals surface area contributed by atoms with E-state index in [-0.39, 0.29) is 0 Å². The Hall–Kier alpha value is -4.67. The predicted molar refractivity (Wildman–Crippen MR) is 157 cm³/mol. The fraction of sp³-hybridized carbons (Fsp3) is 0. The molecule has 0 aliphatic heterocycles. The number of hydrogen-bond donors (Lipinski definition) is 2. The maximum atomic E-state index is 5.45. The molecule has 3 nitrogen and oxygen atoms in total. The van der Waals surface area contributed by atoms with Crippen LogP contribution in [0.2, 0.25) is 0 Å². The van der Waals surface area contributed by atoms with E-state index in [1.165, 1.54) is 42.1 Å². The molecule has 4 aromatic carbocycles. The van der Waals surface area contributed by atoms with Crippen molar-refractivity contribution in [1.82, 2.24) is 15.0 Å². The van der Waals surface area contributed by atoms with Gasteiger partial charge in [0.25, 0.3) is 0 Å². The lowest BCUT2D eigenvalue weighted by Gasteiger charge is -2.14. The van der Waals surface area contributed by atoms with Gasteiger partial charge in [-0.15, -0.1) is 11.3 Å². The highest BCUT2D eigenvalue weighted by molar-refractivity contribution is 7.22. The van der Waals surface area contributed by atoms with Crippen LogP contribution in [0.4, 0.5) is 0 Å². The first-order valence-corrected chi connectivity index (χ1v) is 13.2. The van der Waals surface area contributed by atoms with E-state index in [0.717, 1.165) is 33.7 Å². The highest BCUT2D eigenvalue weighted by Crippen LogP contribution is 2.45. The van der Waals surface area contributed by atoms with E-state index in [4.69, 9.17) is 4.98 Å². The number of nitrogens with one attached hydrogen (secondary N) is 2. The van der Waals surface area contributed by atoms with Crippen LogP contribution in [-0.4, -0.2) is 15.0 Å². The van der Waals surface area contributed by atoms with Gasteiger partial charge in [0.15, 0.2) is 0 Å². The third-order valence-electron chi connectivity index (χ3n) is 7.21. The van der Waals surface area contributed by atoms with E-state index in [2.05, 4.69) is 125 Å². The third-order valence-corrected chi connectivity index (χ3v) is 8.34. The minimum Gasteiger partial charge on any atom is -0.359 e. The molecule has 0 radical (unpaired) electrons. The molecule has 4 aromatic heterocycles. The molecule has 174 valence electrons. The molecule has 0 unspecified atom stereocenters. The summed E-state index contributed by atoms with van der Waals surface area (Å²) in [5, 5.41) is 7.14. The van der Waals surface area contributed by atoms with Crippen molar-refractivity contribution in [1.29, 1.82) is 0 Å². The monoisotopic (exact) mass is 491 g/mol. The number of para-hydroxylation sites is 1. The summed E-state index contributed by atoms with van der Waals surface area (Å²) in [5.74, 6) is 0. The Kier molecular flexibility index (Phi) is 4.39. The Labute approximate surface area is 217 Å². The number of benzene rings is 4. The van der Waals surface area contributed by atoms with E-state index in [9.17, 15) is 0 Å². The van der Waals surface area contributed by atoms with Gasteiger partial charge in [0.1, 0.15) is 0 Å². The summed E-state index contributed by atoms with van der Waals surface area (Å²) in [5.41, 5.74) is 6.29. The number of aromatic amines is 2. The molecule has 8 rings (SSSR count). The molecular formula is C33H21N3S. The van der Waals surface area contributed by atoms with Gasteiger partial charge >= 0.3 is 0 Å². The van der Waals surface area contributed by atoms with E-state index in [0.29, 0.717) is 0 Å². The van der Waals surface area contributed by atoms with Crippen molar-refractivity contribution in [3.8, 4) is 33.2 Å². The van der Waals surface area contributed by atoms with Crippen LogP contribution < -0.4 is 0 Å². The van der Waals surface area contributed by atoms with Crippen molar-refractivity contribution < 1.29 is 0 Å². The van der Waals surface area contributed by atoms with Crippen molar-refractivity contribution in [2.24, 2.45) is 0 Å². The van der Waals surface area contributed by atoms with Crippen molar-refractivity contribution in [3.63, 3.8) is 0 Å². The van der Waals surface area contributed by atoms with Crippen LogP contribution in [0, 0.1) is 0 Å². The van der Waals surface area contributed by atoms with Crippen LogP contribution in [0.3, 0.4) is 0 Å². The third kappa shape index (κ3) is 3.16. The van der Waals surface area contributed by atoms with E-state index >= 15 is 0 Å². The molecule has 37 heavy (non-hydrogen) atoms. The average molecular weight is 492 g/mol. The van der Waals surface area contributed by atoms with Gasteiger partial charge in [-0.05, 0) is 40.4 Å². The topological polar surface area (TPSA) is 44.5 Å². The highest BCUT2D eigenvalue weighted by Gasteiger charge is 2.22. The van der Waals surface area contributed by atoms with Crippen LogP contribution in [0.15, 0.2) is 115 Å². The molecule has 0 spiro atoms. The van der Waals surface area contributed by atoms with Crippen molar-refractivity contribution in [3.05, 3.63) is 115 Å².